The molecule has 8 nitrogen and oxygen atoms in total. The Labute approximate surface area is 157 Å². The molecular weight excluding hydrogens is 346 g/mol. The Morgan fingerprint density at radius 3 is 2.67 bits per heavy atom. The molecule has 1 atom stereocenters. The van der Waals surface area contributed by atoms with Gasteiger partial charge in [0, 0.05) is 59.1 Å². The molecule has 1 unspecified atom stereocenters. The zero-order valence-electron chi connectivity index (χ0n) is 15.8. The number of hydrogen-bond acceptors (Lipinski definition) is 6. The molecule has 2 aromatic rings. The third kappa shape index (κ3) is 3.68. The maximum atomic E-state index is 12.2. The standard InChI is InChI=1S/C19H25N5O3/c1-21-10-15(27-12-18(21)25)11-23-5-7-24(8-6-23)14-3-4-16-17(9-14)20-13-22(2)19(16)26/h3-4,9,13,15H,5-8,10-12H2,1-2H3. The van der Waals surface area contributed by atoms with Crippen molar-refractivity contribution in [2.45, 2.75) is 6.10 Å². The van der Waals surface area contributed by atoms with Gasteiger partial charge in [0.25, 0.3) is 5.56 Å². The molecular formula is C19H25N5O3. The van der Waals surface area contributed by atoms with Crippen LogP contribution in [0.1, 0.15) is 0 Å². The lowest BCUT2D eigenvalue weighted by atomic mass is 10.2. The van der Waals surface area contributed by atoms with Gasteiger partial charge in [-0.1, -0.05) is 0 Å². The van der Waals surface area contributed by atoms with E-state index in [2.05, 4.69) is 14.8 Å². The number of anilines is 1. The predicted molar refractivity (Wildman–Crippen MR) is 103 cm³/mol. The van der Waals surface area contributed by atoms with Crippen LogP contribution in [-0.2, 0) is 16.6 Å². The molecule has 0 spiro atoms. The first-order chi connectivity index (χ1) is 13.0. The number of benzene rings is 1. The number of rotatable bonds is 3. The lowest BCUT2D eigenvalue weighted by Crippen LogP contribution is -2.53. The number of aryl methyl sites for hydroxylation is 1. The summed E-state index contributed by atoms with van der Waals surface area (Å²) in [5, 5.41) is 0.649. The van der Waals surface area contributed by atoms with Crippen LogP contribution in [0.3, 0.4) is 0 Å². The fourth-order valence-electron chi connectivity index (χ4n) is 3.74. The van der Waals surface area contributed by atoms with Gasteiger partial charge in [-0.05, 0) is 18.2 Å². The topological polar surface area (TPSA) is 70.9 Å². The fourth-order valence-corrected chi connectivity index (χ4v) is 3.74. The first-order valence-corrected chi connectivity index (χ1v) is 9.29. The number of aromatic nitrogens is 2. The van der Waals surface area contributed by atoms with Gasteiger partial charge in [-0.3, -0.25) is 14.5 Å². The quantitative estimate of drug-likeness (QED) is 0.751. The van der Waals surface area contributed by atoms with Crippen LogP contribution in [0.25, 0.3) is 10.9 Å². The summed E-state index contributed by atoms with van der Waals surface area (Å²) in [4.78, 5) is 34.5. The van der Waals surface area contributed by atoms with Gasteiger partial charge in [-0.2, -0.15) is 0 Å². The molecule has 2 aliphatic heterocycles. The van der Waals surface area contributed by atoms with Crippen molar-refractivity contribution < 1.29 is 9.53 Å². The third-order valence-corrected chi connectivity index (χ3v) is 5.45. The normalized spacial score (nSPS) is 21.9. The smallest absolute Gasteiger partial charge is 0.260 e. The molecule has 0 N–H and O–H groups in total. The van der Waals surface area contributed by atoms with Crippen molar-refractivity contribution in [1.29, 1.82) is 0 Å². The first-order valence-electron chi connectivity index (χ1n) is 9.29. The van der Waals surface area contributed by atoms with Gasteiger partial charge >= 0.3 is 0 Å². The Hall–Kier alpha value is -2.45. The number of piperazine rings is 1. The Bertz CT molecular complexity index is 904. The van der Waals surface area contributed by atoms with E-state index in [-0.39, 0.29) is 24.2 Å². The molecule has 27 heavy (non-hydrogen) atoms. The molecule has 3 heterocycles. The second-order valence-electron chi connectivity index (χ2n) is 7.36. The maximum absolute atomic E-state index is 12.2. The molecule has 144 valence electrons. The van der Waals surface area contributed by atoms with Crippen LogP contribution in [0, 0.1) is 0 Å². The van der Waals surface area contributed by atoms with Gasteiger partial charge in [-0.15, -0.1) is 0 Å². The molecule has 0 bridgehead atoms. The number of likely N-dealkylation sites (N-methyl/N-ethyl adjacent to an activating group) is 1. The van der Waals surface area contributed by atoms with Crippen molar-refractivity contribution in [2.24, 2.45) is 7.05 Å². The van der Waals surface area contributed by atoms with Crippen molar-refractivity contribution in [1.82, 2.24) is 19.4 Å². The van der Waals surface area contributed by atoms with Gasteiger partial charge in [0.1, 0.15) is 6.61 Å². The molecule has 0 saturated carbocycles. The number of fused-ring (bicyclic) bond motifs is 1. The summed E-state index contributed by atoms with van der Waals surface area (Å²) in [6.45, 7) is 5.41. The number of carbonyl (C=O) groups is 1. The van der Waals surface area contributed by atoms with E-state index in [4.69, 9.17) is 4.74 Å². The minimum absolute atomic E-state index is 0.0210. The molecule has 1 amide bonds. The van der Waals surface area contributed by atoms with Gasteiger partial charge in [0.05, 0.1) is 23.3 Å². The SMILES string of the molecule is CN1CC(CN2CCN(c3ccc4c(=O)n(C)cnc4c3)CC2)OCC1=O. The number of nitrogens with zero attached hydrogens (tertiary/aromatic N) is 5. The molecule has 4 rings (SSSR count). The average molecular weight is 371 g/mol. The van der Waals surface area contributed by atoms with Crippen LogP contribution in [0.5, 0.6) is 0 Å². The van der Waals surface area contributed by atoms with Crippen LogP contribution in [0.15, 0.2) is 29.3 Å². The van der Waals surface area contributed by atoms with Crippen LogP contribution >= 0.6 is 0 Å². The first kappa shape index (κ1) is 17.9. The van der Waals surface area contributed by atoms with Crippen LogP contribution in [0.4, 0.5) is 5.69 Å². The number of amides is 1. The summed E-state index contributed by atoms with van der Waals surface area (Å²) >= 11 is 0. The molecule has 2 fully saturated rings. The van der Waals surface area contributed by atoms with Gasteiger partial charge < -0.3 is 19.1 Å². The molecule has 1 aromatic heterocycles. The number of morpholine rings is 1. The summed E-state index contributed by atoms with van der Waals surface area (Å²) in [6, 6.07) is 5.87. The van der Waals surface area contributed by atoms with E-state index in [1.807, 2.05) is 25.2 Å². The zero-order chi connectivity index (χ0) is 19.0. The van der Waals surface area contributed by atoms with E-state index in [9.17, 15) is 9.59 Å². The van der Waals surface area contributed by atoms with E-state index in [1.165, 1.54) is 4.57 Å². The Kier molecular flexibility index (Phi) is 4.84. The highest BCUT2D eigenvalue weighted by molar-refractivity contribution is 5.81. The van der Waals surface area contributed by atoms with Gasteiger partial charge in [0.2, 0.25) is 5.91 Å². The Balaban J connectivity index is 1.38. The highest BCUT2D eigenvalue weighted by atomic mass is 16.5. The third-order valence-electron chi connectivity index (χ3n) is 5.45. The zero-order valence-corrected chi connectivity index (χ0v) is 15.8. The lowest BCUT2D eigenvalue weighted by Gasteiger charge is -2.39. The number of hydrogen-bond donors (Lipinski definition) is 0. The Morgan fingerprint density at radius 2 is 1.93 bits per heavy atom. The summed E-state index contributed by atoms with van der Waals surface area (Å²) in [5.74, 6) is 0.0517. The van der Waals surface area contributed by atoms with Crippen LogP contribution in [-0.4, -0.2) is 84.3 Å². The number of carbonyl (C=O) groups excluding carboxylic acids is 1. The van der Waals surface area contributed by atoms with E-state index in [0.717, 1.165) is 43.9 Å². The van der Waals surface area contributed by atoms with E-state index in [1.54, 1.807) is 18.3 Å². The minimum atomic E-state index is -0.0210. The maximum Gasteiger partial charge on any atom is 0.260 e. The van der Waals surface area contributed by atoms with Gasteiger partial charge in [-0.25, -0.2) is 4.98 Å². The van der Waals surface area contributed by atoms with E-state index >= 15 is 0 Å². The monoisotopic (exact) mass is 371 g/mol. The summed E-state index contributed by atoms with van der Waals surface area (Å²) < 4.78 is 7.16. The van der Waals surface area contributed by atoms with Crippen molar-refractivity contribution >= 4 is 22.5 Å². The van der Waals surface area contributed by atoms with Gasteiger partial charge in [0.15, 0.2) is 0 Å². The van der Waals surface area contributed by atoms with Crippen molar-refractivity contribution in [2.75, 3.05) is 57.8 Å². The predicted octanol–water partition coefficient (Wildman–Crippen LogP) is -0.0873. The minimum Gasteiger partial charge on any atom is -0.369 e. The molecule has 8 heteroatoms. The lowest BCUT2D eigenvalue weighted by molar-refractivity contribution is -0.147. The molecule has 0 radical (unpaired) electrons. The van der Waals surface area contributed by atoms with E-state index in [0.29, 0.717) is 11.9 Å². The van der Waals surface area contributed by atoms with Crippen molar-refractivity contribution in [3.63, 3.8) is 0 Å². The average Bonchev–Trinajstić information content (AvgIpc) is 2.68. The molecule has 0 aliphatic carbocycles. The second-order valence-corrected chi connectivity index (χ2v) is 7.36. The van der Waals surface area contributed by atoms with Crippen LogP contribution in [0.2, 0.25) is 0 Å². The highest BCUT2D eigenvalue weighted by Crippen LogP contribution is 2.20. The fraction of sp³-hybridized carbons (Fsp3) is 0.526. The summed E-state index contributed by atoms with van der Waals surface area (Å²) in [7, 11) is 3.54. The molecule has 1 aromatic carbocycles. The van der Waals surface area contributed by atoms with Crippen molar-refractivity contribution in [3.05, 3.63) is 34.9 Å². The summed E-state index contributed by atoms with van der Waals surface area (Å²) in [6.07, 6.45) is 1.65. The number of ether oxygens (including phenoxy) is 1. The molecule has 2 aliphatic rings. The Morgan fingerprint density at radius 1 is 1.15 bits per heavy atom. The summed E-state index contributed by atoms with van der Waals surface area (Å²) in [5.41, 5.74) is 1.82. The van der Waals surface area contributed by atoms with Crippen LogP contribution < -0.4 is 10.5 Å². The van der Waals surface area contributed by atoms with Crippen molar-refractivity contribution in [3.8, 4) is 0 Å². The highest BCUT2D eigenvalue weighted by Gasteiger charge is 2.27. The van der Waals surface area contributed by atoms with E-state index < -0.39 is 0 Å². The second kappa shape index (κ2) is 7.28. The largest absolute Gasteiger partial charge is 0.369 e. The molecule has 2 saturated heterocycles.